The molecule has 2 aromatic rings. The van der Waals surface area contributed by atoms with E-state index in [4.69, 9.17) is 9.47 Å². The Hall–Kier alpha value is -3.79. The number of likely N-dealkylation sites (tertiary alicyclic amines) is 1. The second-order valence-electron chi connectivity index (χ2n) is 9.66. The lowest BCUT2D eigenvalue weighted by atomic mass is 9.89. The Bertz CT molecular complexity index is 1230. The van der Waals surface area contributed by atoms with Gasteiger partial charge in [-0.3, -0.25) is 9.80 Å². The summed E-state index contributed by atoms with van der Waals surface area (Å²) >= 11 is 0. The van der Waals surface area contributed by atoms with Crippen LogP contribution in [0.1, 0.15) is 49.3 Å². The number of nitrogens with zero attached hydrogens (tertiary/aromatic N) is 4. The molecule has 0 aromatic heterocycles. The summed E-state index contributed by atoms with van der Waals surface area (Å²) in [6.07, 6.45) is 3.40. The van der Waals surface area contributed by atoms with E-state index in [0.717, 1.165) is 44.6 Å². The van der Waals surface area contributed by atoms with Crippen molar-refractivity contribution in [2.75, 3.05) is 40.4 Å². The average Bonchev–Trinajstić information content (AvgIpc) is 2.97. The van der Waals surface area contributed by atoms with Crippen molar-refractivity contribution in [3.8, 4) is 0 Å². The molecule has 208 valence electrons. The van der Waals surface area contributed by atoms with E-state index in [9.17, 15) is 18.4 Å². The van der Waals surface area contributed by atoms with Crippen LogP contribution in [-0.4, -0.2) is 73.7 Å². The van der Waals surface area contributed by atoms with Gasteiger partial charge >= 0.3 is 12.0 Å². The smallest absolute Gasteiger partial charge is 0.338 e. The molecular weight excluding hydrogens is 506 g/mol. The maximum Gasteiger partial charge on any atom is 0.338 e. The Morgan fingerprint density at radius 2 is 1.79 bits per heavy atom. The number of piperidine rings is 1. The molecule has 2 heterocycles. The summed E-state index contributed by atoms with van der Waals surface area (Å²) in [6.45, 7) is 4.58. The van der Waals surface area contributed by atoms with Crippen molar-refractivity contribution in [2.45, 2.75) is 38.1 Å². The van der Waals surface area contributed by atoms with Crippen molar-refractivity contribution in [1.82, 2.24) is 14.9 Å². The van der Waals surface area contributed by atoms with Crippen LogP contribution in [0.2, 0.25) is 0 Å². The summed E-state index contributed by atoms with van der Waals surface area (Å²) in [7, 11) is 2.62. The minimum Gasteiger partial charge on any atom is -0.467 e. The quantitative estimate of drug-likeness (QED) is 0.347. The van der Waals surface area contributed by atoms with E-state index in [-0.39, 0.29) is 29.4 Å². The number of hydrogen-bond acceptors (Lipinski definition) is 7. The van der Waals surface area contributed by atoms with Crippen LogP contribution < -0.4 is 0 Å². The lowest BCUT2D eigenvalue weighted by molar-refractivity contribution is -0.140. The third kappa shape index (κ3) is 6.27. The van der Waals surface area contributed by atoms with Crippen LogP contribution in [0.3, 0.4) is 0 Å². The van der Waals surface area contributed by atoms with Gasteiger partial charge in [0.05, 0.1) is 25.5 Å². The number of carbonyl (C=O) groups is 2. The van der Waals surface area contributed by atoms with Crippen LogP contribution in [0.25, 0.3) is 0 Å². The van der Waals surface area contributed by atoms with Gasteiger partial charge in [0.15, 0.2) is 11.6 Å². The molecule has 8 nitrogen and oxygen atoms in total. The van der Waals surface area contributed by atoms with Crippen molar-refractivity contribution >= 4 is 18.4 Å². The van der Waals surface area contributed by atoms with Crippen molar-refractivity contribution in [1.29, 1.82) is 0 Å². The Labute approximate surface area is 227 Å². The number of amides is 1. The fraction of sp³-hybridized carbons (Fsp3) is 0.414. The number of amidine groups is 1. The molecule has 0 N–H and O–H groups in total. The minimum atomic E-state index is -1.08. The molecule has 10 heteroatoms. The number of esters is 1. The summed E-state index contributed by atoms with van der Waals surface area (Å²) < 4.78 is 38.5. The number of benzene rings is 2. The second kappa shape index (κ2) is 12.8. The van der Waals surface area contributed by atoms with Crippen LogP contribution in [0, 0.1) is 11.6 Å². The zero-order valence-corrected chi connectivity index (χ0v) is 22.5. The highest BCUT2D eigenvalue weighted by Gasteiger charge is 2.40. The zero-order chi connectivity index (χ0) is 27.9. The van der Waals surface area contributed by atoms with E-state index in [0.29, 0.717) is 18.7 Å². The van der Waals surface area contributed by atoms with Gasteiger partial charge in [-0.15, -0.1) is 0 Å². The number of carbonyl (C=O) groups excluding carboxylic acids is 2. The average molecular weight is 541 g/mol. The summed E-state index contributed by atoms with van der Waals surface area (Å²) in [5.41, 5.74) is 2.00. The highest BCUT2D eigenvalue weighted by atomic mass is 19.2. The fourth-order valence-electron chi connectivity index (χ4n) is 5.33. The molecule has 1 amide bonds. The molecule has 2 aliphatic rings. The van der Waals surface area contributed by atoms with Crippen LogP contribution >= 0.6 is 0 Å². The zero-order valence-electron chi connectivity index (χ0n) is 22.5. The maximum absolute atomic E-state index is 14.3. The molecular formula is C29H34F2N4O4. The van der Waals surface area contributed by atoms with Gasteiger partial charge in [0, 0.05) is 6.54 Å². The molecule has 0 bridgehead atoms. The summed E-state index contributed by atoms with van der Waals surface area (Å²) in [6, 6.07) is 12.9. The van der Waals surface area contributed by atoms with Crippen molar-refractivity contribution < 1.29 is 27.8 Å². The summed E-state index contributed by atoms with van der Waals surface area (Å²) in [5, 5.41) is 2.76. The molecule has 2 aliphatic heterocycles. The predicted octanol–water partition coefficient (Wildman–Crippen LogP) is 4.41. The number of ether oxygens (including phenoxy) is 2. The number of rotatable bonds is 9. The number of allylic oxidation sites excluding steroid dienone is 1. The summed E-state index contributed by atoms with van der Waals surface area (Å²) in [4.78, 5) is 31.9. The van der Waals surface area contributed by atoms with Crippen LogP contribution in [0.15, 0.2) is 64.8 Å². The van der Waals surface area contributed by atoms with Gasteiger partial charge in [-0.25, -0.2) is 23.6 Å². The number of hydrazine groups is 1. The van der Waals surface area contributed by atoms with E-state index in [1.807, 2.05) is 6.07 Å². The molecule has 0 saturated carbocycles. The van der Waals surface area contributed by atoms with Crippen LogP contribution in [0.4, 0.5) is 8.78 Å². The Morgan fingerprint density at radius 3 is 2.41 bits per heavy atom. The van der Waals surface area contributed by atoms with Gasteiger partial charge in [-0.05, 0) is 75.0 Å². The highest BCUT2D eigenvalue weighted by molar-refractivity contribution is 5.94. The topological polar surface area (TPSA) is 74.7 Å². The number of halogens is 2. The van der Waals surface area contributed by atoms with Crippen molar-refractivity contribution in [2.24, 2.45) is 4.99 Å². The molecule has 2 aromatic carbocycles. The Kier molecular flexibility index (Phi) is 9.29. The first-order valence-electron chi connectivity index (χ1n) is 13.0. The van der Waals surface area contributed by atoms with E-state index >= 15 is 0 Å². The van der Waals surface area contributed by atoms with E-state index < -0.39 is 23.6 Å². The van der Waals surface area contributed by atoms with Gasteiger partial charge in [-0.1, -0.05) is 36.4 Å². The Balaban J connectivity index is 1.51. The third-order valence-electron chi connectivity index (χ3n) is 7.33. The maximum atomic E-state index is 14.3. The van der Waals surface area contributed by atoms with Gasteiger partial charge in [0.2, 0.25) is 6.41 Å². The Morgan fingerprint density at radius 1 is 1.08 bits per heavy atom. The van der Waals surface area contributed by atoms with Gasteiger partial charge in [0.25, 0.3) is 0 Å². The van der Waals surface area contributed by atoms with E-state index in [2.05, 4.69) is 34.2 Å². The SMILES string of the molecule is COC(=O)C1=C(C)N=C(OC)N(N(C=O)CCCN2CCC(c3ccccc3)CC2)C1c1ccc(F)c(F)c1. The summed E-state index contributed by atoms with van der Waals surface area (Å²) in [5.74, 6) is -2.25. The molecule has 4 rings (SSSR count). The van der Waals surface area contributed by atoms with E-state index in [1.54, 1.807) is 6.92 Å². The van der Waals surface area contributed by atoms with Crippen LogP contribution in [0.5, 0.6) is 0 Å². The molecule has 0 radical (unpaired) electrons. The minimum absolute atomic E-state index is 0.0469. The molecule has 39 heavy (non-hydrogen) atoms. The normalized spacial score (nSPS) is 18.5. The molecule has 1 fully saturated rings. The molecule has 0 aliphatic carbocycles. The largest absolute Gasteiger partial charge is 0.467 e. The van der Waals surface area contributed by atoms with E-state index in [1.165, 1.54) is 35.9 Å². The lowest BCUT2D eigenvalue weighted by Crippen LogP contribution is -2.52. The third-order valence-corrected chi connectivity index (χ3v) is 7.33. The first-order chi connectivity index (χ1) is 18.9. The molecule has 1 saturated heterocycles. The van der Waals surface area contributed by atoms with Crippen molar-refractivity contribution in [3.05, 3.63) is 82.6 Å². The number of hydrogen-bond donors (Lipinski definition) is 0. The van der Waals surface area contributed by atoms with Gasteiger partial charge in [-0.2, -0.15) is 0 Å². The highest BCUT2D eigenvalue weighted by Crippen LogP contribution is 2.37. The van der Waals surface area contributed by atoms with Gasteiger partial charge in [0.1, 0.15) is 6.04 Å². The molecule has 0 spiro atoms. The van der Waals surface area contributed by atoms with Gasteiger partial charge < -0.3 is 14.4 Å². The molecule has 1 atom stereocenters. The fourth-order valence-corrected chi connectivity index (χ4v) is 5.33. The standard InChI is InChI=1S/C29H34F2N4O4/c1-20-26(28(37)38-2)27(23-10-11-24(30)25(31)18-23)35(29(32-20)39-3)34(19-36)15-7-14-33-16-12-22(13-17-33)21-8-5-4-6-9-21/h4-6,8-11,18-19,22,27H,7,12-17H2,1-3H3. The van der Waals surface area contributed by atoms with Crippen LogP contribution in [-0.2, 0) is 19.1 Å². The van der Waals surface area contributed by atoms with Crippen molar-refractivity contribution in [3.63, 3.8) is 0 Å². The number of methoxy groups -OCH3 is 2. The lowest BCUT2D eigenvalue weighted by Gasteiger charge is -2.42. The number of aliphatic imine (C=N–C) groups is 1. The first kappa shape index (κ1) is 28.2. The monoisotopic (exact) mass is 540 g/mol. The first-order valence-corrected chi connectivity index (χ1v) is 13.0. The predicted molar refractivity (Wildman–Crippen MR) is 142 cm³/mol. The second-order valence-corrected chi connectivity index (χ2v) is 9.66. The molecule has 1 unspecified atom stereocenters.